The van der Waals surface area contributed by atoms with Gasteiger partial charge in [0, 0.05) is 17.4 Å². The van der Waals surface area contributed by atoms with E-state index in [1.54, 1.807) is 43.3 Å². The zero-order valence-electron chi connectivity index (χ0n) is 18.0. The van der Waals surface area contributed by atoms with Crippen LogP contribution in [0, 0.1) is 6.92 Å². The van der Waals surface area contributed by atoms with Crippen LogP contribution in [-0.2, 0) is 9.53 Å². The summed E-state index contributed by atoms with van der Waals surface area (Å²) in [6.07, 6.45) is 0.334. The Balaban J connectivity index is 1.39. The van der Waals surface area contributed by atoms with E-state index in [1.165, 1.54) is 25.3 Å². The molecule has 9 nitrogen and oxygen atoms in total. The van der Waals surface area contributed by atoms with Crippen molar-refractivity contribution in [3.63, 3.8) is 0 Å². The van der Waals surface area contributed by atoms with Gasteiger partial charge in [-0.3, -0.25) is 9.59 Å². The first kappa shape index (κ1) is 21.9. The van der Waals surface area contributed by atoms with Gasteiger partial charge >= 0.3 is 5.97 Å². The van der Waals surface area contributed by atoms with E-state index in [2.05, 4.69) is 10.6 Å². The van der Waals surface area contributed by atoms with E-state index >= 15 is 0 Å². The van der Waals surface area contributed by atoms with Crippen molar-refractivity contribution >= 4 is 29.2 Å². The molecular formula is C24H22N2O7. The Morgan fingerprint density at radius 1 is 0.970 bits per heavy atom. The standard InChI is InChI=1S/C24H22N2O7/c1-14-5-6-16(12-18(14)26-23(28)20-4-3-9-30-20)24(29)33-15(2)22(27)25-17-7-8-19-21(13-17)32-11-10-31-19/h3-9,12-13,15H,10-11H2,1-2H3,(H,25,27)(H,26,28)/t15-/m0/s1. The monoisotopic (exact) mass is 450 g/mol. The topological polar surface area (TPSA) is 116 Å². The van der Waals surface area contributed by atoms with Crippen LogP contribution in [0.15, 0.2) is 59.2 Å². The molecule has 1 atom stereocenters. The van der Waals surface area contributed by atoms with Gasteiger partial charge in [-0.1, -0.05) is 6.07 Å². The highest BCUT2D eigenvalue weighted by molar-refractivity contribution is 6.03. The number of nitrogens with one attached hydrogen (secondary N) is 2. The van der Waals surface area contributed by atoms with Crippen LogP contribution in [0.5, 0.6) is 11.5 Å². The van der Waals surface area contributed by atoms with Gasteiger partial charge in [-0.2, -0.15) is 0 Å². The molecule has 0 aliphatic carbocycles. The second-order valence-corrected chi connectivity index (χ2v) is 7.36. The summed E-state index contributed by atoms with van der Waals surface area (Å²) in [6, 6.07) is 12.9. The smallest absolute Gasteiger partial charge is 0.338 e. The molecule has 0 bridgehead atoms. The van der Waals surface area contributed by atoms with Gasteiger partial charge in [0.15, 0.2) is 23.4 Å². The van der Waals surface area contributed by atoms with Crippen LogP contribution in [0.2, 0.25) is 0 Å². The van der Waals surface area contributed by atoms with Gasteiger partial charge in [-0.05, 0) is 55.8 Å². The van der Waals surface area contributed by atoms with Crippen LogP contribution in [0.3, 0.4) is 0 Å². The number of carbonyl (C=O) groups is 3. The Morgan fingerprint density at radius 2 is 1.76 bits per heavy atom. The van der Waals surface area contributed by atoms with E-state index in [1.807, 2.05) is 0 Å². The van der Waals surface area contributed by atoms with Crippen molar-refractivity contribution in [2.45, 2.75) is 20.0 Å². The van der Waals surface area contributed by atoms with Crippen LogP contribution in [0.25, 0.3) is 0 Å². The van der Waals surface area contributed by atoms with E-state index < -0.39 is 23.9 Å². The Hall–Kier alpha value is -4.27. The van der Waals surface area contributed by atoms with Gasteiger partial charge in [0.2, 0.25) is 0 Å². The number of fused-ring (bicyclic) bond motifs is 1. The zero-order valence-corrected chi connectivity index (χ0v) is 18.0. The summed E-state index contributed by atoms with van der Waals surface area (Å²) in [4.78, 5) is 37.4. The van der Waals surface area contributed by atoms with E-state index in [4.69, 9.17) is 18.6 Å². The third-order valence-corrected chi connectivity index (χ3v) is 4.93. The molecule has 0 unspecified atom stereocenters. The largest absolute Gasteiger partial charge is 0.486 e. The van der Waals surface area contributed by atoms with E-state index in [9.17, 15) is 14.4 Å². The summed E-state index contributed by atoms with van der Waals surface area (Å²) >= 11 is 0. The Labute approximate surface area is 189 Å². The maximum atomic E-state index is 12.6. The molecule has 9 heteroatoms. The summed E-state index contributed by atoms with van der Waals surface area (Å²) in [5.74, 6) is -0.361. The van der Waals surface area contributed by atoms with E-state index in [0.29, 0.717) is 36.1 Å². The van der Waals surface area contributed by atoms with Crippen molar-refractivity contribution in [3.05, 3.63) is 71.7 Å². The Kier molecular flexibility index (Phi) is 6.30. The summed E-state index contributed by atoms with van der Waals surface area (Å²) in [5, 5.41) is 5.39. The number of anilines is 2. The first-order chi connectivity index (χ1) is 15.9. The molecule has 4 rings (SSSR count). The highest BCUT2D eigenvalue weighted by Crippen LogP contribution is 2.32. The van der Waals surface area contributed by atoms with E-state index in [-0.39, 0.29) is 11.3 Å². The normalized spacial score (nSPS) is 13.0. The molecule has 33 heavy (non-hydrogen) atoms. The van der Waals surface area contributed by atoms with Crippen molar-refractivity contribution in [3.8, 4) is 11.5 Å². The second-order valence-electron chi connectivity index (χ2n) is 7.36. The van der Waals surface area contributed by atoms with Crippen molar-refractivity contribution in [2.75, 3.05) is 23.8 Å². The van der Waals surface area contributed by atoms with Crippen LogP contribution >= 0.6 is 0 Å². The van der Waals surface area contributed by atoms with Crippen LogP contribution < -0.4 is 20.1 Å². The van der Waals surface area contributed by atoms with Crippen molar-refractivity contribution in [1.82, 2.24) is 0 Å². The van der Waals surface area contributed by atoms with Gasteiger partial charge < -0.3 is 29.3 Å². The molecule has 0 radical (unpaired) electrons. The van der Waals surface area contributed by atoms with Crippen LogP contribution in [-0.4, -0.2) is 37.1 Å². The number of aryl methyl sites for hydroxylation is 1. The summed E-state index contributed by atoms with van der Waals surface area (Å²) in [7, 11) is 0. The van der Waals surface area contributed by atoms with Gasteiger partial charge in [-0.15, -0.1) is 0 Å². The average Bonchev–Trinajstić information content (AvgIpc) is 3.35. The SMILES string of the molecule is Cc1ccc(C(=O)O[C@@H](C)C(=O)Nc2ccc3c(c2)OCCO3)cc1NC(=O)c1ccco1. The van der Waals surface area contributed by atoms with Crippen molar-refractivity contribution < 1.29 is 33.0 Å². The third kappa shape index (κ3) is 5.15. The van der Waals surface area contributed by atoms with E-state index in [0.717, 1.165) is 5.56 Å². The van der Waals surface area contributed by atoms with Crippen molar-refractivity contribution in [2.24, 2.45) is 0 Å². The van der Waals surface area contributed by atoms with Crippen molar-refractivity contribution in [1.29, 1.82) is 0 Å². The fourth-order valence-electron chi connectivity index (χ4n) is 3.12. The molecule has 3 aromatic rings. The first-order valence-corrected chi connectivity index (χ1v) is 10.3. The minimum atomic E-state index is -1.06. The van der Waals surface area contributed by atoms with Gasteiger partial charge in [0.25, 0.3) is 11.8 Å². The number of carbonyl (C=O) groups excluding carboxylic acids is 3. The second kappa shape index (κ2) is 9.47. The number of esters is 1. The molecule has 1 aliphatic rings. The molecule has 2 N–H and O–H groups in total. The Morgan fingerprint density at radius 3 is 2.52 bits per heavy atom. The van der Waals surface area contributed by atoms with Crippen LogP contribution in [0.4, 0.5) is 11.4 Å². The summed E-state index contributed by atoms with van der Waals surface area (Å²) in [6.45, 7) is 4.16. The Bertz CT molecular complexity index is 1190. The highest BCUT2D eigenvalue weighted by Gasteiger charge is 2.21. The maximum Gasteiger partial charge on any atom is 0.338 e. The lowest BCUT2D eigenvalue weighted by atomic mass is 10.1. The molecule has 0 spiro atoms. The maximum absolute atomic E-state index is 12.6. The number of ether oxygens (including phenoxy) is 3. The van der Waals surface area contributed by atoms with Crippen LogP contribution in [0.1, 0.15) is 33.4 Å². The number of amides is 2. The molecule has 170 valence electrons. The molecule has 1 aromatic heterocycles. The predicted molar refractivity (Wildman–Crippen MR) is 119 cm³/mol. The number of furan rings is 1. The number of benzene rings is 2. The quantitative estimate of drug-likeness (QED) is 0.549. The average molecular weight is 450 g/mol. The fraction of sp³-hybridized carbons (Fsp3) is 0.208. The molecule has 2 heterocycles. The lowest BCUT2D eigenvalue weighted by Crippen LogP contribution is -2.30. The van der Waals surface area contributed by atoms with Gasteiger partial charge in [0.1, 0.15) is 13.2 Å². The summed E-state index contributed by atoms with van der Waals surface area (Å²) < 4.78 is 21.4. The minimum absolute atomic E-state index is 0.145. The third-order valence-electron chi connectivity index (χ3n) is 4.93. The molecule has 0 saturated heterocycles. The molecule has 0 saturated carbocycles. The lowest BCUT2D eigenvalue weighted by molar-refractivity contribution is -0.123. The molecule has 2 amide bonds. The number of rotatable bonds is 6. The molecule has 1 aliphatic heterocycles. The minimum Gasteiger partial charge on any atom is -0.486 e. The number of hydrogen-bond donors (Lipinski definition) is 2. The van der Waals surface area contributed by atoms with Gasteiger partial charge in [-0.25, -0.2) is 4.79 Å². The lowest BCUT2D eigenvalue weighted by Gasteiger charge is -2.19. The zero-order chi connectivity index (χ0) is 23.4. The molecule has 0 fully saturated rings. The fourth-order valence-corrected chi connectivity index (χ4v) is 3.12. The molecular weight excluding hydrogens is 428 g/mol. The predicted octanol–water partition coefficient (Wildman–Crippen LogP) is 3.80. The first-order valence-electron chi connectivity index (χ1n) is 10.3. The molecule has 2 aromatic carbocycles. The number of hydrogen-bond acceptors (Lipinski definition) is 7. The summed E-state index contributed by atoms with van der Waals surface area (Å²) in [5.41, 5.74) is 1.86. The highest BCUT2D eigenvalue weighted by atomic mass is 16.6. The van der Waals surface area contributed by atoms with Gasteiger partial charge in [0.05, 0.1) is 11.8 Å².